The third kappa shape index (κ3) is 1.94. The minimum atomic E-state index is 0.719. The van der Waals surface area contributed by atoms with Crippen LogP contribution in [0.5, 0.6) is 0 Å². The van der Waals surface area contributed by atoms with Crippen LogP contribution in [0.4, 0.5) is 0 Å². The van der Waals surface area contributed by atoms with Crippen LogP contribution in [0.1, 0.15) is 12.8 Å². The van der Waals surface area contributed by atoms with Crippen molar-refractivity contribution in [2.45, 2.75) is 12.8 Å². The van der Waals surface area contributed by atoms with Crippen molar-refractivity contribution in [2.75, 3.05) is 19.6 Å². The van der Waals surface area contributed by atoms with Gasteiger partial charge in [-0.05, 0) is 13.0 Å². The fraction of sp³-hybridized carbons (Fsp3) is 0.833. The first-order valence-corrected chi connectivity index (χ1v) is 3.03. The molecule has 1 rings (SSSR count). The number of hydrogen-bond donors (Lipinski definition) is 0. The lowest BCUT2D eigenvalue weighted by Crippen LogP contribution is -1.97. The molecular weight excluding hydrogens is 100 g/mol. The van der Waals surface area contributed by atoms with Gasteiger partial charge in [-0.3, -0.25) is 0 Å². The Bertz CT molecular complexity index is 99.6. The van der Waals surface area contributed by atoms with Gasteiger partial charge in [0.1, 0.15) is 0 Å². The second kappa shape index (κ2) is 2.68. The smallest absolute Gasteiger partial charge is 0.0622 e. The van der Waals surface area contributed by atoms with Gasteiger partial charge in [-0.1, -0.05) is 0 Å². The maximum atomic E-state index is 8.13. The van der Waals surface area contributed by atoms with Crippen LogP contribution in [0.2, 0.25) is 0 Å². The summed E-state index contributed by atoms with van der Waals surface area (Å²) < 4.78 is 0. The molecule has 2 heteroatoms. The summed E-state index contributed by atoms with van der Waals surface area (Å²) in [5.74, 6) is 0. The minimum absolute atomic E-state index is 0.719. The highest BCUT2D eigenvalue weighted by atomic mass is 15.2. The molecule has 1 heterocycles. The van der Waals surface area contributed by atoms with Crippen LogP contribution in [0, 0.1) is 11.3 Å². The molecule has 8 heavy (non-hydrogen) atoms. The molecule has 0 N–H and O–H groups in total. The van der Waals surface area contributed by atoms with Crippen LogP contribution in [-0.4, -0.2) is 24.5 Å². The van der Waals surface area contributed by atoms with Crippen molar-refractivity contribution < 1.29 is 0 Å². The highest BCUT2D eigenvalue weighted by Gasteiger charge is 2.14. The number of rotatable bonds is 3. The average Bonchev–Trinajstić information content (AvgIpc) is 2.51. The molecule has 0 atom stereocenters. The fourth-order valence-corrected chi connectivity index (χ4v) is 0.676. The SMILES string of the molecule is N#CCCCN1CC1. The van der Waals surface area contributed by atoms with Crippen LogP contribution < -0.4 is 0 Å². The van der Waals surface area contributed by atoms with Crippen LogP contribution in [0.25, 0.3) is 0 Å². The van der Waals surface area contributed by atoms with E-state index in [1.165, 1.54) is 13.1 Å². The largest absolute Gasteiger partial charge is 0.301 e. The van der Waals surface area contributed by atoms with Crippen molar-refractivity contribution in [3.63, 3.8) is 0 Å². The van der Waals surface area contributed by atoms with Gasteiger partial charge in [0.2, 0.25) is 0 Å². The summed E-state index contributed by atoms with van der Waals surface area (Å²) in [5, 5.41) is 8.13. The molecule has 0 aromatic heterocycles. The highest BCUT2D eigenvalue weighted by molar-refractivity contribution is 4.75. The standard InChI is InChI=1S/C6H10N2/c7-3-1-2-4-8-5-6-8/h1-2,4-6H2. The third-order valence-corrected chi connectivity index (χ3v) is 1.30. The monoisotopic (exact) mass is 110 g/mol. The van der Waals surface area contributed by atoms with Gasteiger partial charge in [0.15, 0.2) is 0 Å². The van der Waals surface area contributed by atoms with Gasteiger partial charge in [0, 0.05) is 19.5 Å². The van der Waals surface area contributed by atoms with Gasteiger partial charge >= 0.3 is 0 Å². The first kappa shape index (κ1) is 5.58. The normalized spacial score (nSPS) is 17.9. The van der Waals surface area contributed by atoms with Crippen LogP contribution in [-0.2, 0) is 0 Å². The van der Waals surface area contributed by atoms with Gasteiger partial charge in [-0.15, -0.1) is 0 Å². The number of unbranched alkanes of at least 4 members (excludes halogenated alkanes) is 1. The Kier molecular flexibility index (Phi) is 1.87. The molecule has 1 fully saturated rings. The van der Waals surface area contributed by atoms with Crippen molar-refractivity contribution in [2.24, 2.45) is 0 Å². The number of nitriles is 1. The Morgan fingerprint density at radius 3 is 2.75 bits per heavy atom. The molecule has 0 aliphatic carbocycles. The van der Waals surface area contributed by atoms with Gasteiger partial charge in [-0.25, -0.2) is 0 Å². The van der Waals surface area contributed by atoms with E-state index in [9.17, 15) is 0 Å². The van der Waals surface area contributed by atoms with E-state index in [2.05, 4.69) is 11.0 Å². The zero-order chi connectivity index (χ0) is 5.82. The first-order valence-electron chi connectivity index (χ1n) is 3.03. The lowest BCUT2D eigenvalue weighted by Gasteiger charge is -1.92. The summed E-state index contributed by atoms with van der Waals surface area (Å²) in [6.45, 7) is 3.64. The van der Waals surface area contributed by atoms with Crippen LogP contribution in [0.15, 0.2) is 0 Å². The first-order chi connectivity index (χ1) is 3.93. The molecule has 2 nitrogen and oxygen atoms in total. The van der Waals surface area contributed by atoms with Crippen molar-refractivity contribution in [3.05, 3.63) is 0 Å². The van der Waals surface area contributed by atoms with Gasteiger partial charge < -0.3 is 4.90 Å². The van der Waals surface area contributed by atoms with Gasteiger partial charge in [-0.2, -0.15) is 5.26 Å². The van der Waals surface area contributed by atoms with E-state index < -0.39 is 0 Å². The highest BCUT2D eigenvalue weighted by Crippen LogP contribution is 2.04. The van der Waals surface area contributed by atoms with Crippen molar-refractivity contribution in [1.82, 2.24) is 4.90 Å². The molecule has 0 amide bonds. The van der Waals surface area contributed by atoms with Crippen molar-refractivity contribution in [1.29, 1.82) is 5.26 Å². The Morgan fingerprint density at radius 1 is 1.50 bits per heavy atom. The third-order valence-electron chi connectivity index (χ3n) is 1.30. The molecule has 44 valence electrons. The molecule has 1 saturated heterocycles. The van der Waals surface area contributed by atoms with Crippen molar-refractivity contribution in [3.8, 4) is 6.07 Å². The second-order valence-electron chi connectivity index (χ2n) is 2.10. The Balaban J connectivity index is 1.83. The second-order valence-corrected chi connectivity index (χ2v) is 2.10. The van der Waals surface area contributed by atoms with E-state index in [1.54, 1.807) is 0 Å². The Morgan fingerprint density at radius 2 is 2.25 bits per heavy atom. The molecule has 0 unspecified atom stereocenters. The summed E-state index contributed by atoms with van der Waals surface area (Å²) >= 11 is 0. The van der Waals surface area contributed by atoms with E-state index in [0.29, 0.717) is 0 Å². The zero-order valence-electron chi connectivity index (χ0n) is 4.93. The lowest BCUT2D eigenvalue weighted by molar-refractivity contribution is 0.540. The maximum absolute atomic E-state index is 8.13. The maximum Gasteiger partial charge on any atom is 0.0622 e. The summed E-state index contributed by atoms with van der Waals surface area (Å²) in [5.41, 5.74) is 0. The van der Waals surface area contributed by atoms with Gasteiger partial charge in [0.05, 0.1) is 6.07 Å². The van der Waals surface area contributed by atoms with E-state index in [-0.39, 0.29) is 0 Å². The summed E-state index contributed by atoms with van der Waals surface area (Å²) in [4.78, 5) is 2.33. The fourth-order valence-electron chi connectivity index (χ4n) is 0.676. The molecule has 0 radical (unpaired) electrons. The summed E-state index contributed by atoms with van der Waals surface area (Å²) in [7, 11) is 0. The topological polar surface area (TPSA) is 26.8 Å². The van der Waals surface area contributed by atoms with E-state index in [1.807, 2.05) is 0 Å². The quantitative estimate of drug-likeness (QED) is 0.393. The van der Waals surface area contributed by atoms with E-state index in [4.69, 9.17) is 5.26 Å². The molecule has 0 saturated carbocycles. The predicted octanol–water partition coefficient (Wildman–Crippen LogP) is 0.606. The number of nitrogens with zero attached hydrogens (tertiary/aromatic N) is 2. The minimum Gasteiger partial charge on any atom is -0.301 e. The zero-order valence-corrected chi connectivity index (χ0v) is 4.93. The molecule has 1 aliphatic heterocycles. The van der Waals surface area contributed by atoms with Crippen LogP contribution in [0.3, 0.4) is 0 Å². The van der Waals surface area contributed by atoms with E-state index in [0.717, 1.165) is 19.4 Å². The molecule has 0 spiro atoms. The Labute approximate surface area is 49.7 Å². The Hall–Kier alpha value is -0.550. The lowest BCUT2D eigenvalue weighted by atomic mass is 10.3. The summed E-state index contributed by atoms with van der Waals surface area (Å²) in [6.07, 6.45) is 1.77. The molecule has 0 bridgehead atoms. The summed E-state index contributed by atoms with van der Waals surface area (Å²) in [6, 6.07) is 2.12. The average molecular weight is 110 g/mol. The van der Waals surface area contributed by atoms with E-state index >= 15 is 0 Å². The number of hydrogen-bond acceptors (Lipinski definition) is 2. The molecule has 0 aromatic carbocycles. The van der Waals surface area contributed by atoms with Crippen LogP contribution >= 0.6 is 0 Å². The predicted molar refractivity (Wildman–Crippen MR) is 31.3 cm³/mol. The van der Waals surface area contributed by atoms with Crippen molar-refractivity contribution >= 4 is 0 Å². The molecular formula is C6H10N2. The molecule has 0 aromatic rings. The van der Waals surface area contributed by atoms with Gasteiger partial charge in [0.25, 0.3) is 0 Å². The molecule has 1 aliphatic rings.